The number of nitrogens with one attached hydrogen (secondary N) is 5. The molecule has 9 N–H and O–H groups in total. The molecule has 21 nitrogen and oxygen atoms in total. The van der Waals surface area contributed by atoms with Crippen LogP contribution in [0.15, 0.2) is 85.2 Å². The maximum atomic E-state index is 13.1. The Hall–Kier alpha value is -8.67. The van der Waals surface area contributed by atoms with E-state index >= 15 is 0 Å². The Labute approximate surface area is 455 Å². The van der Waals surface area contributed by atoms with Crippen molar-refractivity contribution >= 4 is 47.6 Å². The number of imidazole rings is 2. The lowest BCUT2D eigenvalue weighted by atomic mass is 10.0. The molecule has 0 aliphatic carbocycles. The maximum absolute atomic E-state index is 13.1. The number of piperidine rings is 2. The van der Waals surface area contributed by atoms with E-state index in [9.17, 15) is 37.1 Å². The van der Waals surface area contributed by atoms with Crippen molar-refractivity contribution in [1.82, 2.24) is 39.5 Å². The number of aldehydes is 1. The Kier molecular flexibility index (Phi) is 20.1. The van der Waals surface area contributed by atoms with Gasteiger partial charge in [-0.05, 0) is 132 Å². The monoisotopic (exact) mass is 1090 g/mol. The number of halogens is 3. The number of anilines is 2. The lowest BCUT2D eigenvalue weighted by Gasteiger charge is -2.36. The maximum Gasteiger partial charge on any atom is 0.446 e. The number of carbonyl (C=O) groups excluding carboxylic acids is 6. The summed E-state index contributed by atoms with van der Waals surface area (Å²) in [5.74, 6) is 0.388. The molecule has 2 atom stereocenters. The van der Waals surface area contributed by atoms with Gasteiger partial charge in [-0.2, -0.15) is 13.2 Å². The van der Waals surface area contributed by atoms with Gasteiger partial charge >= 0.3 is 12.3 Å². The SMILES string of the molecule is CCc1ccnc(NC(=O)c2ccc(-c3nc([C@@H]4CCCCN4)n(NC)c3C(N)=O)cc2)c1.CCc1ccnc(NC(=O)c2ccc(-c3nc([C@@H]4CCCCN4C(=O)OC(C)(C)C)n(NC)c3C(N)=O)cc2)c1.O=CC(F)(F)F. The highest BCUT2D eigenvalue weighted by atomic mass is 19.4. The minimum atomic E-state index is -4.64. The van der Waals surface area contributed by atoms with Crippen molar-refractivity contribution in [3.05, 3.63) is 130 Å². The summed E-state index contributed by atoms with van der Waals surface area (Å²) in [4.78, 5) is 92.0. The number of alkyl halides is 3. The Morgan fingerprint density at radius 3 is 1.56 bits per heavy atom. The van der Waals surface area contributed by atoms with Crippen LogP contribution in [0.2, 0.25) is 0 Å². The first kappa shape index (κ1) is 59.6. The molecule has 4 aromatic heterocycles. The van der Waals surface area contributed by atoms with Crippen molar-refractivity contribution in [3.8, 4) is 22.5 Å². The second-order valence-electron chi connectivity index (χ2n) is 19.4. The van der Waals surface area contributed by atoms with Crippen molar-refractivity contribution in [2.75, 3.05) is 48.7 Å². The number of primary amides is 2. The van der Waals surface area contributed by atoms with E-state index in [0.29, 0.717) is 64.1 Å². The Morgan fingerprint density at radius 1 is 0.696 bits per heavy atom. The van der Waals surface area contributed by atoms with Crippen molar-refractivity contribution in [3.63, 3.8) is 0 Å². The van der Waals surface area contributed by atoms with Crippen molar-refractivity contribution in [2.24, 2.45) is 11.5 Å². The van der Waals surface area contributed by atoms with Gasteiger partial charge in [0, 0.05) is 55.3 Å². The van der Waals surface area contributed by atoms with Crippen LogP contribution in [0.5, 0.6) is 0 Å². The topological polar surface area (TPSA) is 289 Å². The fourth-order valence-corrected chi connectivity index (χ4v) is 8.91. The summed E-state index contributed by atoms with van der Waals surface area (Å²) in [6.45, 7) is 11.0. The number of nitrogens with two attached hydrogens (primary N) is 2. The predicted octanol–water partition coefficient (Wildman–Crippen LogP) is 8.09. The molecule has 8 rings (SSSR count). The van der Waals surface area contributed by atoms with Gasteiger partial charge in [-0.25, -0.2) is 34.1 Å². The van der Waals surface area contributed by atoms with Crippen LogP contribution in [0.3, 0.4) is 0 Å². The van der Waals surface area contributed by atoms with Gasteiger partial charge in [-0.15, -0.1) is 0 Å². The van der Waals surface area contributed by atoms with Gasteiger partial charge in [-0.1, -0.05) is 44.5 Å². The number of hydrogen-bond acceptors (Lipinski definition) is 14. The molecule has 2 aliphatic heterocycles. The number of hydrogen-bond donors (Lipinski definition) is 7. The van der Waals surface area contributed by atoms with Crippen LogP contribution in [0.1, 0.15) is 150 Å². The first-order valence-electron chi connectivity index (χ1n) is 25.8. The number of aryl methyl sites for hydroxylation is 2. The molecule has 0 radical (unpaired) electrons. The summed E-state index contributed by atoms with van der Waals surface area (Å²) in [6, 6.07) is 20.8. The molecule has 0 bridgehead atoms. The van der Waals surface area contributed by atoms with Gasteiger partial charge in [0.1, 0.15) is 34.4 Å². The fraction of sp³-hybridized carbons (Fsp3) is 0.382. The molecule has 0 spiro atoms. The third kappa shape index (κ3) is 15.5. The zero-order chi connectivity index (χ0) is 57.6. The quantitative estimate of drug-likeness (QED) is 0.0508. The van der Waals surface area contributed by atoms with Crippen LogP contribution in [0.25, 0.3) is 22.5 Å². The summed E-state index contributed by atoms with van der Waals surface area (Å²) >= 11 is 0. The molecule has 420 valence electrons. The summed E-state index contributed by atoms with van der Waals surface area (Å²) in [5.41, 5.74) is 22.6. The summed E-state index contributed by atoms with van der Waals surface area (Å²) in [6.07, 6.45) is 4.43. The number of ether oxygens (including phenoxy) is 1. The third-order valence-corrected chi connectivity index (χ3v) is 12.7. The van der Waals surface area contributed by atoms with E-state index in [1.54, 1.807) is 84.6 Å². The van der Waals surface area contributed by atoms with Crippen LogP contribution in [0.4, 0.5) is 29.6 Å². The minimum absolute atomic E-state index is 0.0366. The van der Waals surface area contributed by atoms with Crippen LogP contribution >= 0.6 is 0 Å². The number of rotatable bonds is 14. The van der Waals surface area contributed by atoms with E-state index in [0.717, 1.165) is 68.4 Å². The zero-order valence-corrected chi connectivity index (χ0v) is 45.2. The zero-order valence-electron chi connectivity index (χ0n) is 45.2. The fourth-order valence-electron chi connectivity index (χ4n) is 8.91. The van der Waals surface area contributed by atoms with Crippen LogP contribution in [-0.4, -0.2) is 109 Å². The summed E-state index contributed by atoms with van der Waals surface area (Å²) in [5, 5.41) is 9.10. The molecule has 79 heavy (non-hydrogen) atoms. The number of amides is 5. The third-order valence-electron chi connectivity index (χ3n) is 12.7. The normalized spacial score (nSPS) is 15.2. The molecule has 24 heteroatoms. The van der Waals surface area contributed by atoms with Gasteiger partial charge in [-0.3, -0.25) is 28.9 Å². The number of aromatic nitrogens is 6. The molecule has 0 unspecified atom stereocenters. The number of nitrogens with zero attached hydrogens (tertiary/aromatic N) is 7. The predicted molar refractivity (Wildman–Crippen MR) is 292 cm³/mol. The highest BCUT2D eigenvalue weighted by molar-refractivity contribution is 6.05. The molecular formula is C55H67F3N14O7. The Bertz CT molecular complexity index is 3110. The van der Waals surface area contributed by atoms with E-state index in [2.05, 4.69) is 36.8 Å². The van der Waals surface area contributed by atoms with E-state index in [-0.39, 0.29) is 29.2 Å². The van der Waals surface area contributed by atoms with Crippen LogP contribution < -0.4 is 38.3 Å². The average molecular weight is 1090 g/mol. The standard InChI is InChI=1S/C29H37N7O4.C24H29N7O2.C2HF3O/c1-6-18-14-15-32-22(17-18)33-27(38)20-12-10-19(11-13-20)23-24(25(30)37)36(31-5)26(34-23)21-9-7-8-16-35(21)28(39)40-29(2,3)4;1-3-15-11-13-28-19(14-15)29-24(33)17-9-7-16(8-10-17)20-21(22(25)32)31(26-2)23(30-20)18-6-4-5-12-27-18;3-2(4,5)1-6/h10-15,17,21,31H,6-9,16H2,1-5H3,(H2,30,37)(H,32,33,38);7-11,13-14,18,26-27H,3-6,12H2,1-2H3,(H2,25,32)(H,28,29,33);1H/t21-;18-;/m00./s1. The number of likely N-dealkylation sites (tertiary alicyclic amines) is 1. The van der Waals surface area contributed by atoms with E-state index in [1.165, 1.54) is 4.68 Å². The molecule has 6 aromatic rings. The molecular weight excluding hydrogens is 1030 g/mol. The van der Waals surface area contributed by atoms with E-state index < -0.39 is 42.0 Å². The van der Waals surface area contributed by atoms with Gasteiger partial charge in [0.25, 0.3) is 23.6 Å². The largest absolute Gasteiger partial charge is 0.446 e. The van der Waals surface area contributed by atoms with Crippen molar-refractivity contribution in [1.29, 1.82) is 0 Å². The van der Waals surface area contributed by atoms with Gasteiger partial charge in [0.15, 0.2) is 17.2 Å². The second kappa shape index (κ2) is 26.6. The van der Waals surface area contributed by atoms with Crippen molar-refractivity contribution in [2.45, 2.75) is 110 Å². The lowest BCUT2D eigenvalue weighted by Crippen LogP contribution is -2.43. The Balaban J connectivity index is 0.000000234. The number of carbonyl (C=O) groups is 6. The smallest absolute Gasteiger partial charge is 0.444 e. The molecule has 2 fully saturated rings. The minimum Gasteiger partial charge on any atom is -0.444 e. The molecule has 0 saturated carbocycles. The first-order valence-corrected chi connectivity index (χ1v) is 25.8. The van der Waals surface area contributed by atoms with Crippen LogP contribution in [0, 0.1) is 0 Å². The average Bonchev–Trinajstić information content (AvgIpc) is 4.08. The number of benzene rings is 2. The van der Waals surface area contributed by atoms with Crippen molar-refractivity contribution < 1.29 is 46.7 Å². The van der Waals surface area contributed by atoms with Gasteiger partial charge in [0.2, 0.25) is 6.29 Å². The highest BCUT2D eigenvalue weighted by Gasteiger charge is 2.37. The summed E-state index contributed by atoms with van der Waals surface area (Å²) in [7, 11) is 3.40. The van der Waals surface area contributed by atoms with E-state index in [4.69, 9.17) is 31.0 Å². The van der Waals surface area contributed by atoms with Gasteiger partial charge in [0.05, 0.1) is 12.1 Å². The Morgan fingerprint density at radius 2 is 1.15 bits per heavy atom. The molecule has 5 amide bonds. The van der Waals surface area contributed by atoms with Gasteiger partial charge < -0.3 is 43.0 Å². The highest BCUT2D eigenvalue weighted by Crippen LogP contribution is 2.36. The second-order valence-corrected chi connectivity index (χ2v) is 19.4. The van der Waals surface area contributed by atoms with E-state index in [1.807, 2.05) is 58.9 Å². The molecule has 2 saturated heterocycles. The summed E-state index contributed by atoms with van der Waals surface area (Å²) < 4.78 is 40.1. The lowest BCUT2D eigenvalue weighted by molar-refractivity contribution is -0.156. The molecule has 6 heterocycles. The van der Waals surface area contributed by atoms with Crippen LogP contribution in [-0.2, 0) is 22.4 Å². The number of pyridine rings is 2. The molecule has 2 aliphatic rings. The molecule has 2 aromatic carbocycles. The first-order chi connectivity index (χ1) is 37.6.